The van der Waals surface area contributed by atoms with E-state index >= 15 is 0 Å². The SMILES string of the molecule is COC(=O)c1cc(Br)cc(I)c1I. The second kappa shape index (κ2) is 4.92. The van der Waals surface area contributed by atoms with E-state index in [1.54, 1.807) is 6.07 Å². The summed E-state index contributed by atoms with van der Waals surface area (Å²) in [5.41, 5.74) is 0.599. The fourth-order valence-electron chi connectivity index (χ4n) is 0.814. The van der Waals surface area contributed by atoms with Crippen LogP contribution in [-0.4, -0.2) is 13.1 Å². The van der Waals surface area contributed by atoms with Crippen LogP contribution in [0.2, 0.25) is 0 Å². The summed E-state index contributed by atoms with van der Waals surface area (Å²) in [4.78, 5) is 11.3. The minimum absolute atomic E-state index is 0.302. The van der Waals surface area contributed by atoms with E-state index in [-0.39, 0.29) is 5.97 Å². The molecule has 70 valence electrons. The van der Waals surface area contributed by atoms with E-state index in [1.807, 2.05) is 6.07 Å². The van der Waals surface area contributed by atoms with Gasteiger partial charge in [0, 0.05) is 11.6 Å². The highest BCUT2D eigenvalue weighted by Gasteiger charge is 2.13. The van der Waals surface area contributed by atoms with Gasteiger partial charge in [0.15, 0.2) is 0 Å². The molecule has 1 aromatic rings. The van der Waals surface area contributed by atoms with Crippen molar-refractivity contribution in [3.05, 3.63) is 29.3 Å². The predicted molar refractivity (Wildman–Crippen MR) is 70.9 cm³/mol. The molecule has 0 spiro atoms. The van der Waals surface area contributed by atoms with Gasteiger partial charge in [-0.1, -0.05) is 15.9 Å². The van der Waals surface area contributed by atoms with E-state index in [4.69, 9.17) is 0 Å². The van der Waals surface area contributed by atoms with E-state index in [1.165, 1.54) is 7.11 Å². The molecule has 0 aliphatic rings. The molecular formula is C8H5BrI2O2. The Labute approximate surface area is 112 Å². The first-order valence-electron chi connectivity index (χ1n) is 3.29. The van der Waals surface area contributed by atoms with Gasteiger partial charge in [-0.3, -0.25) is 0 Å². The summed E-state index contributed by atoms with van der Waals surface area (Å²) in [7, 11) is 1.38. The third-order valence-electron chi connectivity index (χ3n) is 1.40. The Morgan fingerprint density at radius 2 is 2.08 bits per heavy atom. The van der Waals surface area contributed by atoms with Crippen LogP contribution in [-0.2, 0) is 4.74 Å². The Kier molecular flexibility index (Phi) is 4.43. The maximum absolute atomic E-state index is 11.3. The van der Waals surface area contributed by atoms with Gasteiger partial charge < -0.3 is 4.74 Å². The van der Waals surface area contributed by atoms with Gasteiger partial charge in [-0.2, -0.15) is 0 Å². The van der Waals surface area contributed by atoms with Gasteiger partial charge >= 0.3 is 5.97 Å². The summed E-state index contributed by atoms with van der Waals surface area (Å²) in [5.74, 6) is -0.302. The van der Waals surface area contributed by atoms with Gasteiger partial charge in [0.1, 0.15) is 0 Å². The number of ether oxygens (including phenoxy) is 1. The number of carbonyl (C=O) groups excluding carboxylic acids is 1. The highest BCUT2D eigenvalue weighted by atomic mass is 127. The van der Waals surface area contributed by atoms with Crippen molar-refractivity contribution in [3.8, 4) is 0 Å². The van der Waals surface area contributed by atoms with Crippen LogP contribution in [0.3, 0.4) is 0 Å². The van der Waals surface area contributed by atoms with Gasteiger partial charge in [0.05, 0.1) is 12.7 Å². The lowest BCUT2D eigenvalue weighted by Crippen LogP contribution is -2.04. The van der Waals surface area contributed by atoms with Crippen LogP contribution in [0.4, 0.5) is 0 Å². The summed E-state index contributed by atoms with van der Waals surface area (Å²) < 4.78 is 7.51. The second-order valence-corrected chi connectivity index (χ2v) is 5.40. The number of carbonyl (C=O) groups is 1. The minimum atomic E-state index is -0.302. The van der Waals surface area contributed by atoms with Crippen LogP contribution < -0.4 is 0 Å². The standard InChI is InChI=1S/C8H5BrI2O2/c1-13-8(12)5-2-4(9)3-6(10)7(5)11/h2-3H,1H3. The summed E-state index contributed by atoms with van der Waals surface area (Å²) in [5, 5.41) is 0. The molecule has 2 nitrogen and oxygen atoms in total. The average molecular weight is 467 g/mol. The molecule has 1 aromatic carbocycles. The monoisotopic (exact) mass is 466 g/mol. The van der Waals surface area contributed by atoms with Gasteiger partial charge in [0.25, 0.3) is 0 Å². The van der Waals surface area contributed by atoms with Crippen LogP contribution in [0.25, 0.3) is 0 Å². The van der Waals surface area contributed by atoms with Crippen molar-refractivity contribution in [2.45, 2.75) is 0 Å². The number of hydrogen-bond acceptors (Lipinski definition) is 2. The molecule has 0 bridgehead atoms. The highest BCUT2D eigenvalue weighted by Crippen LogP contribution is 2.24. The lowest BCUT2D eigenvalue weighted by atomic mass is 10.2. The van der Waals surface area contributed by atoms with E-state index in [0.29, 0.717) is 5.56 Å². The molecule has 0 aliphatic heterocycles. The fourth-order valence-corrected chi connectivity index (χ4v) is 2.86. The smallest absolute Gasteiger partial charge is 0.339 e. The third-order valence-corrected chi connectivity index (χ3v) is 4.90. The zero-order valence-corrected chi connectivity index (χ0v) is 12.5. The van der Waals surface area contributed by atoms with Crippen molar-refractivity contribution in [2.75, 3.05) is 7.11 Å². The molecule has 0 amide bonds. The maximum Gasteiger partial charge on any atom is 0.339 e. The number of halogens is 3. The Balaban J connectivity index is 3.28. The number of benzene rings is 1. The highest BCUT2D eigenvalue weighted by molar-refractivity contribution is 14.1. The molecule has 0 unspecified atom stereocenters. The van der Waals surface area contributed by atoms with Crippen molar-refractivity contribution >= 4 is 67.1 Å². The van der Waals surface area contributed by atoms with Gasteiger partial charge in [0.2, 0.25) is 0 Å². The molecule has 0 saturated carbocycles. The van der Waals surface area contributed by atoms with Crippen LogP contribution in [0, 0.1) is 7.14 Å². The van der Waals surface area contributed by atoms with Gasteiger partial charge in [-0.25, -0.2) is 4.79 Å². The van der Waals surface area contributed by atoms with E-state index < -0.39 is 0 Å². The summed E-state index contributed by atoms with van der Waals surface area (Å²) in [6, 6.07) is 3.71. The molecule has 0 N–H and O–H groups in total. The molecule has 0 radical (unpaired) electrons. The molecule has 0 saturated heterocycles. The molecule has 13 heavy (non-hydrogen) atoms. The quantitative estimate of drug-likeness (QED) is 0.360. The average Bonchev–Trinajstić information content (AvgIpc) is 2.10. The predicted octanol–water partition coefficient (Wildman–Crippen LogP) is 3.44. The Morgan fingerprint density at radius 3 is 2.62 bits per heavy atom. The van der Waals surface area contributed by atoms with Crippen molar-refractivity contribution in [3.63, 3.8) is 0 Å². The second-order valence-electron chi connectivity index (χ2n) is 2.24. The Hall–Kier alpha value is 0.630. The molecule has 5 heteroatoms. The minimum Gasteiger partial charge on any atom is -0.465 e. The van der Waals surface area contributed by atoms with Crippen LogP contribution in [0.5, 0.6) is 0 Å². The Bertz CT molecular complexity index is 352. The van der Waals surface area contributed by atoms with E-state index in [0.717, 1.165) is 11.6 Å². The normalized spacial score (nSPS) is 9.85. The summed E-state index contributed by atoms with van der Waals surface area (Å²) in [6.45, 7) is 0. The molecule has 0 atom stereocenters. The van der Waals surface area contributed by atoms with Crippen molar-refractivity contribution < 1.29 is 9.53 Å². The summed E-state index contributed by atoms with van der Waals surface area (Å²) in [6.07, 6.45) is 0. The lowest BCUT2D eigenvalue weighted by Gasteiger charge is -2.04. The van der Waals surface area contributed by atoms with Crippen molar-refractivity contribution in [2.24, 2.45) is 0 Å². The zero-order valence-electron chi connectivity index (χ0n) is 6.61. The van der Waals surface area contributed by atoms with Crippen molar-refractivity contribution in [1.82, 2.24) is 0 Å². The van der Waals surface area contributed by atoms with Crippen molar-refractivity contribution in [1.29, 1.82) is 0 Å². The molecule has 1 rings (SSSR count). The number of hydrogen-bond donors (Lipinski definition) is 0. The third kappa shape index (κ3) is 2.79. The van der Waals surface area contributed by atoms with Gasteiger partial charge in [-0.05, 0) is 57.3 Å². The van der Waals surface area contributed by atoms with Gasteiger partial charge in [-0.15, -0.1) is 0 Å². The maximum atomic E-state index is 11.3. The summed E-state index contributed by atoms with van der Waals surface area (Å²) >= 11 is 7.64. The molecule has 0 fully saturated rings. The first kappa shape index (κ1) is 11.7. The Morgan fingerprint density at radius 1 is 1.46 bits per heavy atom. The first-order valence-corrected chi connectivity index (χ1v) is 6.24. The van der Waals surface area contributed by atoms with Crippen LogP contribution in [0.1, 0.15) is 10.4 Å². The number of rotatable bonds is 1. The fraction of sp³-hybridized carbons (Fsp3) is 0.125. The topological polar surface area (TPSA) is 26.3 Å². The van der Waals surface area contributed by atoms with E-state index in [2.05, 4.69) is 65.8 Å². The first-order chi connectivity index (χ1) is 6.06. The molecule has 0 aromatic heterocycles. The number of methoxy groups -OCH3 is 1. The van der Waals surface area contributed by atoms with Crippen LogP contribution in [0.15, 0.2) is 16.6 Å². The molecule has 0 heterocycles. The zero-order chi connectivity index (χ0) is 10.0. The largest absolute Gasteiger partial charge is 0.465 e. The van der Waals surface area contributed by atoms with Crippen LogP contribution >= 0.6 is 61.1 Å². The molecular weight excluding hydrogens is 462 g/mol. The number of esters is 1. The molecule has 0 aliphatic carbocycles. The van der Waals surface area contributed by atoms with E-state index in [9.17, 15) is 4.79 Å². The lowest BCUT2D eigenvalue weighted by molar-refractivity contribution is 0.0599.